The molecule has 2 rings (SSSR count). The summed E-state index contributed by atoms with van der Waals surface area (Å²) >= 11 is 0. The summed E-state index contributed by atoms with van der Waals surface area (Å²) in [5.74, 6) is -7.42. The van der Waals surface area contributed by atoms with Crippen LogP contribution in [0, 0.1) is 5.92 Å². The zero-order valence-electron chi connectivity index (χ0n) is 18.4. The Morgan fingerprint density at radius 3 is 2.55 bits per heavy atom. The number of nitrogens with zero attached hydrogens (tertiary/aromatic N) is 2. The Morgan fingerprint density at radius 1 is 1.30 bits per heavy atom. The van der Waals surface area contributed by atoms with Crippen molar-refractivity contribution in [3.05, 3.63) is 22.7 Å². The number of alkyl halides is 2. The second-order valence-electron chi connectivity index (χ2n) is 8.19. The smallest absolute Gasteiger partial charge is 0.413 e. The molecule has 2 heterocycles. The van der Waals surface area contributed by atoms with Crippen LogP contribution in [0.15, 0.2) is 17.1 Å². The van der Waals surface area contributed by atoms with E-state index in [0.717, 1.165) is 19.2 Å². The molecular weight excluding hydrogens is 452 g/mol. The quantitative estimate of drug-likeness (QED) is 0.525. The number of carbonyl (C=O) groups excluding carboxylic acids is 2. The van der Waals surface area contributed by atoms with Crippen molar-refractivity contribution in [1.82, 2.24) is 9.55 Å². The van der Waals surface area contributed by atoms with Crippen molar-refractivity contribution >= 4 is 23.8 Å². The van der Waals surface area contributed by atoms with E-state index < -0.39 is 73.3 Å². The van der Waals surface area contributed by atoms with Crippen molar-refractivity contribution in [2.24, 2.45) is 5.92 Å². The van der Waals surface area contributed by atoms with E-state index in [2.05, 4.69) is 15.0 Å². The van der Waals surface area contributed by atoms with Crippen molar-refractivity contribution < 1.29 is 47.2 Å². The van der Waals surface area contributed by atoms with Gasteiger partial charge < -0.3 is 24.1 Å². The molecule has 1 saturated heterocycles. The molecule has 1 aromatic rings. The minimum atomic E-state index is -3.53. The Labute approximate surface area is 186 Å². The molecule has 1 amide bonds. The molecule has 1 aliphatic heterocycles. The highest BCUT2D eigenvalue weighted by atomic mass is 19.3. The third-order valence-corrected chi connectivity index (χ3v) is 4.36. The first-order valence-corrected chi connectivity index (χ1v) is 9.78. The maximum absolute atomic E-state index is 14.8. The Morgan fingerprint density at radius 2 is 1.97 bits per heavy atom. The van der Waals surface area contributed by atoms with Crippen LogP contribution in [0.5, 0.6) is 0 Å². The predicted octanol–water partition coefficient (Wildman–Crippen LogP) is 1.40. The monoisotopic (exact) mass is 477 g/mol. The summed E-state index contributed by atoms with van der Waals surface area (Å²) in [5, 5.41) is 10.7. The summed E-state index contributed by atoms with van der Waals surface area (Å²) in [4.78, 5) is 49.6. The van der Waals surface area contributed by atoms with Crippen LogP contribution in [-0.2, 0) is 28.5 Å². The van der Waals surface area contributed by atoms with E-state index in [0.29, 0.717) is 4.57 Å². The number of esters is 1. The van der Waals surface area contributed by atoms with E-state index in [9.17, 15) is 28.0 Å². The standard InChI is InChI=1S/C19H25F2N3O9/c1-10-11(7-31-14(27)9-30-8-13(25)26)32-15(19(10,20)21)24-6-5-12(22-16(24)28)23-17(29)33-18(2,3)4/h5-6,10-11,15H,7-9H2,1-4H3,(H,25,26)(H,22,23,28,29)/t10-,11+,15+/m0/s1. The largest absolute Gasteiger partial charge is 0.480 e. The van der Waals surface area contributed by atoms with Crippen LogP contribution in [0.1, 0.15) is 33.9 Å². The van der Waals surface area contributed by atoms with E-state index in [1.165, 1.54) is 0 Å². The molecule has 2 N–H and O–H groups in total. The molecule has 0 bridgehead atoms. The van der Waals surface area contributed by atoms with Gasteiger partial charge in [0.2, 0.25) is 6.23 Å². The number of hydrogen-bond donors (Lipinski definition) is 2. The van der Waals surface area contributed by atoms with Crippen LogP contribution >= 0.6 is 0 Å². The number of nitrogens with one attached hydrogen (secondary N) is 1. The first-order chi connectivity index (χ1) is 15.2. The van der Waals surface area contributed by atoms with Crippen molar-refractivity contribution in [2.75, 3.05) is 25.1 Å². The van der Waals surface area contributed by atoms with Crippen molar-refractivity contribution in [1.29, 1.82) is 0 Å². The SMILES string of the molecule is C[C@H]1[C@@H](COC(=O)COCC(=O)O)O[C@@H](n2ccc(NC(=O)OC(C)(C)C)nc2=O)C1(F)F. The van der Waals surface area contributed by atoms with E-state index in [1.807, 2.05) is 0 Å². The molecule has 184 valence electrons. The van der Waals surface area contributed by atoms with Gasteiger partial charge in [0.25, 0.3) is 5.92 Å². The average Bonchev–Trinajstić information content (AvgIpc) is 2.88. The zero-order valence-corrected chi connectivity index (χ0v) is 18.4. The second-order valence-corrected chi connectivity index (χ2v) is 8.19. The number of rotatable bonds is 8. The number of halogens is 2. The van der Waals surface area contributed by atoms with Gasteiger partial charge in [0, 0.05) is 6.20 Å². The Hall–Kier alpha value is -3.13. The Bertz CT molecular complexity index is 945. The van der Waals surface area contributed by atoms with Gasteiger partial charge in [0.05, 0.1) is 5.92 Å². The lowest BCUT2D eigenvalue weighted by atomic mass is 10.00. The van der Waals surface area contributed by atoms with Crippen LogP contribution in [-0.4, -0.2) is 70.1 Å². The highest BCUT2D eigenvalue weighted by Gasteiger charge is 2.58. The highest BCUT2D eigenvalue weighted by molar-refractivity contribution is 5.83. The molecule has 1 fully saturated rings. The van der Waals surface area contributed by atoms with E-state index in [-0.39, 0.29) is 5.82 Å². The number of carbonyl (C=O) groups is 3. The molecule has 14 heteroatoms. The maximum atomic E-state index is 14.8. The number of anilines is 1. The van der Waals surface area contributed by atoms with Crippen molar-refractivity contribution in [3.63, 3.8) is 0 Å². The molecule has 0 saturated carbocycles. The van der Waals surface area contributed by atoms with Crippen molar-refractivity contribution in [2.45, 2.75) is 51.6 Å². The molecule has 0 aromatic carbocycles. The number of aliphatic carboxylic acids is 1. The summed E-state index contributed by atoms with van der Waals surface area (Å²) in [6.07, 6.45) is -3.19. The van der Waals surface area contributed by atoms with Crippen molar-refractivity contribution in [3.8, 4) is 0 Å². The van der Waals surface area contributed by atoms with Crippen LogP contribution in [0.3, 0.4) is 0 Å². The van der Waals surface area contributed by atoms with E-state index >= 15 is 0 Å². The fourth-order valence-corrected chi connectivity index (χ4v) is 2.79. The van der Waals surface area contributed by atoms with Crippen LogP contribution in [0.2, 0.25) is 0 Å². The average molecular weight is 477 g/mol. The molecule has 33 heavy (non-hydrogen) atoms. The lowest BCUT2D eigenvalue weighted by molar-refractivity contribution is -0.157. The summed E-state index contributed by atoms with van der Waals surface area (Å²) < 4.78 is 49.8. The third kappa shape index (κ3) is 7.18. The van der Waals surface area contributed by atoms with Gasteiger partial charge in [-0.05, 0) is 26.8 Å². The predicted molar refractivity (Wildman–Crippen MR) is 106 cm³/mol. The van der Waals surface area contributed by atoms with E-state index in [4.69, 9.17) is 19.3 Å². The minimum Gasteiger partial charge on any atom is -0.480 e. The maximum Gasteiger partial charge on any atom is 0.413 e. The molecule has 0 radical (unpaired) electrons. The number of aromatic nitrogens is 2. The van der Waals surface area contributed by atoms with Gasteiger partial charge in [-0.15, -0.1) is 0 Å². The first kappa shape index (κ1) is 26.1. The minimum absolute atomic E-state index is 0.202. The topological polar surface area (TPSA) is 155 Å². The number of amides is 1. The fraction of sp³-hybridized carbons (Fsp3) is 0.632. The lowest BCUT2D eigenvalue weighted by Gasteiger charge is -2.22. The molecule has 1 aliphatic rings. The molecule has 12 nitrogen and oxygen atoms in total. The van der Waals surface area contributed by atoms with E-state index in [1.54, 1.807) is 20.8 Å². The van der Waals surface area contributed by atoms with Crippen LogP contribution in [0.25, 0.3) is 0 Å². The molecular formula is C19H25F2N3O9. The normalized spacial score (nSPS) is 21.9. The summed E-state index contributed by atoms with van der Waals surface area (Å²) in [5.41, 5.74) is -1.91. The highest BCUT2D eigenvalue weighted by Crippen LogP contribution is 2.46. The summed E-state index contributed by atoms with van der Waals surface area (Å²) in [6.45, 7) is 4.10. The number of carboxylic acid groups (broad SMARTS) is 1. The van der Waals surface area contributed by atoms with Gasteiger partial charge in [0.15, 0.2) is 0 Å². The first-order valence-electron chi connectivity index (χ1n) is 9.78. The summed E-state index contributed by atoms with van der Waals surface area (Å²) in [6, 6.07) is 1.13. The molecule has 0 aliphatic carbocycles. The van der Waals surface area contributed by atoms with Gasteiger partial charge in [-0.3, -0.25) is 9.88 Å². The zero-order chi connectivity index (χ0) is 25.0. The fourth-order valence-electron chi connectivity index (χ4n) is 2.79. The molecule has 1 aromatic heterocycles. The molecule has 0 unspecified atom stereocenters. The van der Waals surface area contributed by atoms with Gasteiger partial charge in [0.1, 0.15) is 37.3 Å². The van der Waals surface area contributed by atoms with Gasteiger partial charge in [-0.2, -0.15) is 4.98 Å². The second kappa shape index (κ2) is 10.2. The Kier molecular flexibility index (Phi) is 8.08. The van der Waals surface area contributed by atoms with Gasteiger partial charge in [-0.1, -0.05) is 6.92 Å². The van der Waals surface area contributed by atoms with Crippen LogP contribution < -0.4 is 11.0 Å². The number of carboxylic acids is 1. The van der Waals surface area contributed by atoms with Gasteiger partial charge >= 0.3 is 23.7 Å². The van der Waals surface area contributed by atoms with Crippen LogP contribution in [0.4, 0.5) is 19.4 Å². The lowest BCUT2D eigenvalue weighted by Crippen LogP contribution is -2.38. The molecule has 3 atom stereocenters. The van der Waals surface area contributed by atoms with Gasteiger partial charge in [-0.25, -0.2) is 28.0 Å². The number of ether oxygens (including phenoxy) is 4. The third-order valence-electron chi connectivity index (χ3n) is 4.36. The molecule has 0 spiro atoms. The number of hydrogen-bond acceptors (Lipinski definition) is 9. The summed E-state index contributed by atoms with van der Waals surface area (Å²) in [7, 11) is 0. The Balaban J connectivity index is 2.04.